The van der Waals surface area contributed by atoms with Gasteiger partial charge in [0, 0.05) is 17.2 Å². The molecule has 0 spiro atoms. The molecule has 6 aromatic carbocycles. The third-order valence-corrected chi connectivity index (χ3v) is 11.7. The summed E-state index contributed by atoms with van der Waals surface area (Å²) in [6.07, 6.45) is -13.3. The molecule has 31 heteroatoms. The zero-order chi connectivity index (χ0) is 58.0. The van der Waals surface area contributed by atoms with Gasteiger partial charge in [-0.05, 0) is 48.5 Å². The Hall–Kier alpha value is -11.5. The highest BCUT2D eigenvalue weighted by molar-refractivity contribution is 6.08. The van der Waals surface area contributed by atoms with Gasteiger partial charge in [-0.25, -0.2) is 28.8 Å². The second-order valence-corrected chi connectivity index (χ2v) is 16.6. The van der Waals surface area contributed by atoms with Crippen LogP contribution in [0.25, 0.3) is 11.1 Å². The number of cyclic esters (lactones) is 1. The van der Waals surface area contributed by atoms with Crippen LogP contribution in [0.2, 0.25) is 0 Å². The number of hydrogen-bond acceptors (Lipinski definition) is 30. The van der Waals surface area contributed by atoms with Crippen LogP contribution < -0.4 is 4.74 Å². The Morgan fingerprint density at radius 2 is 0.873 bits per heavy atom. The maximum absolute atomic E-state index is 14.7. The highest BCUT2D eigenvalue weighted by Crippen LogP contribution is 2.54. The fourth-order valence-corrected chi connectivity index (χ4v) is 7.83. The molecular weight excluding hydrogens is 1070 g/mol. The first kappa shape index (κ1) is 53.8. The van der Waals surface area contributed by atoms with E-state index >= 15 is 0 Å². The number of phenolic OH excluding ortho intramolecular Hbond substituents is 17. The lowest BCUT2D eigenvalue weighted by atomic mass is 9.92. The normalized spacial score (nSPS) is 17.7. The first-order valence-corrected chi connectivity index (χ1v) is 21.6. The predicted octanol–water partition coefficient (Wildman–Crippen LogP) is 2.57. The maximum atomic E-state index is 14.7. The number of hydrogen-bond donors (Lipinski definition) is 18. The van der Waals surface area contributed by atoms with E-state index in [0.717, 1.165) is 0 Å². The summed E-state index contributed by atoms with van der Waals surface area (Å²) in [5, 5.41) is 188. The topological polar surface area (TPSA) is 531 Å². The lowest BCUT2D eigenvalue weighted by Crippen LogP contribution is -2.63. The molecule has 1 unspecified atom stereocenters. The van der Waals surface area contributed by atoms with E-state index in [-0.39, 0.29) is 6.07 Å². The van der Waals surface area contributed by atoms with Crippen molar-refractivity contribution in [1.82, 2.24) is 0 Å². The first-order chi connectivity index (χ1) is 37.1. The van der Waals surface area contributed by atoms with Crippen molar-refractivity contribution in [2.45, 2.75) is 30.7 Å². The number of ether oxygens (including phenoxy) is 7. The molecule has 0 aromatic heterocycles. The molecule has 0 aliphatic carbocycles. The van der Waals surface area contributed by atoms with E-state index in [2.05, 4.69) is 0 Å². The van der Waals surface area contributed by atoms with E-state index in [1.165, 1.54) is 0 Å². The minimum Gasteiger partial charge on any atom is -0.504 e. The van der Waals surface area contributed by atoms with Crippen LogP contribution in [0, 0.1) is 0 Å². The molecule has 1 saturated heterocycles. The van der Waals surface area contributed by atoms with Crippen LogP contribution in [0.5, 0.6) is 109 Å². The summed E-state index contributed by atoms with van der Waals surface area (Å²) in [5.41, 5.74) is -8.49. The van der Waals surface area contributed by atoms with Gasteiger partial charge in [0.2, 0.25) is 41.1 Å². The fraction of sp³-hybridized carbons (Fsp3) is 0.125. The summed E-state index contributed by atoms with van der Waals surface area (Å²) in [6.45, 7) is -1.38. The van der Waals surface area contributed by atoms with Crippen molar-refractivity contribution < 1.29 is 154 Å². The zero-order valence-electron chi connectivity index (χ0n) is 38.6. The Balaban J connectivity index is 1.35. The molecule has 1 fully saturated rings. The van der Waals surface area contributed by atoms with Crippen LogP contribution >= 0.6 is 0 Å². The van der Waals surface area contributed by atoms with E-state index in [0.29, 0.717) is 48.5 Å². The second-order valence-electron chi connectivity index (χ2n) is 16.6. The molecule has 0 bridgehead atoms. The lowest BCUT2D eigenvalue weighted by molar-refractivity contribution is -0.282. The minimum absolute atomic E-state index is 0.267. The molecule has 412 valence electrons. The van der Waals surface area contributed by atoms with Gasteiger partial charge >= 0.3 is 35.8 Å². The molecule has 31 nitrogen and oxygen atoms in total. The fourth-order valence-electron chi connectivity index (χ4n) is 7.83. The molecule has 0 saturated carbocycles. The molecule has 18 N–H and O–H groups in total. The Labute approximate surface area is 434 Å². The van der Waals surface area contributed by atoms with Crippen LogP contribution in [-0.4, -0.2) is 165 Å². The summed E-state index contributed by atoms with van der Waals surface area (Å²) in [7, 11) is 0. The Kier molecular flexibility index (Phi) is 13.6. The number of fused-ring (bicyclic) bond motifs is 4. The van der Waals surface area contributed by atoms with Crippen molar-refractivity contribution >= 4 is 35.8 Å². The summed E-state index contributed by atoms with van der Waals surface area (Å²) in [5.74, 6) is -36.0. The third kappa shape index (κ3) is 9.63. The van der Waals surface area contributed by atoms with Gasteiger partial charge in [0.15, 0.2) is 92.7 Å². The minimum atomic E-state index is -2.83. The second kappa shape index (κ2) is 20.0. The van der Waals surface area contributed by atoms with Gasteiger partial charge in [-0.15, -0.1) is 0 Å². The molecule has 6 aromatic rings. The SMILES string of the molecule is O=C(O)c1cc(O)c(O)c(Oc2c(C(=O)O[C@H]3C(OC(=O)c4cc(O)c(O)c(O)c4)O[C@@H]4COC(=O)c5cc(O)c(O)c(O)c5-c5c(cc(O)c(O)c5O)C(=O)O[C@H]4[C@@H]3OC(=O)c3cc(O)c(O)c(O)c3)cc(O)c(O)c2O)c1. The number of carbonyl (C=O) groups is 6. The summed E-state index contributed by atoms with van der Waals surface area (Å²) >= 11 is 0. The number of benzene rings is 6. The number of rotatable bonds is 9. The van der Waals surface area contributed by atoms with Gasteiger partial charge in [0.1, 0.15) is 18.3 Å². The standard InChI is InChI=1S/C48H34O31/c49-17-2-12(3-18(50)29(17)57)43(68)77-40-39-26(10-73-45(70)14-7-22(54)32(60)35(63)27(14)28-15(46(71)76-39)8-23(55)33(61)36(28)64)75-48(79-44(69)13-4-19(51)30(58)20(52)5-13)41(40)78-47(72)16-9-24(56)34(62)37(65)38(16)74-25-6-11(42(66)67)1-21(53)31(25)59/h1-9,26,39-41,48-65H,10H2,(H,66,67)/t26-,39-,40+,41-,48?/m1/s1. The number of aromatic carboxylic acids is 1. The Bertz CT molecular complexity index is 3580. The van der Waals surface area contributed by atoms with Gasteiger partial charge in [-0.3, -0.25) is 0 Å². The largest absolute Gasteiger partial charge is 0.504 e. The van der Waals surface area contributed by atoms with Crippen molar-refractivity contribution in [1.29, 1.82) is 0 Å². The van der Waals surface area contributed by atoms with Crippen molar-refractivity contribution in [3.8, 4) is 120 Å². The molecule has 0 radical (unpaired) electrons. The maximum Gasteiger partial charge on any atom is 0.342 e. The summed E-state index contributed by atoms with van der Waals surface area (Å²) < 4.78 is 39.1. The molecule has 5 atom stereocenters. The molecule has 2 aliphatic rings. The van der Waals surface area contributed by atoms with Gasteiger partial charge in [-0.1, -0.05) is 0 Å². The van der Waals surface area contributed by atoms with Crippen molar-refractivity contribution in [3.05, 3.63) is 88.0 Å². The summed E-state index contributed by atoms with van der Waals surface area (Å²) in [4.78, 5) is 83.4. The quantitative estimate of drug-likeness (QED) is 0.0562. The van der Waals surface area contributed by atoms with Crippen molar-refractivity contribution in [3.63, 3.8) is 0 Å². The van der Waals surface area contributed by atoms with E-state index in [1.807, 2.05) is 0 Å². The average Bonchev–Trinajstić information content (AvgIpc) is 3.43. The molecular formula is C48H34O31. The Morgan fingerprint density at radius 3 is 1.39 bits per heavy atom. The number of aromatic hydroxyl groups is 17. The third-order valence-electron chi connectivity index (χ3n) is 11.7. The smallest absolute Gasteiger partial charge is 0.342 e. The first-order valence-electron chi connectivity index (χ1n) is 21.6. The van der Waals surface area contributed by atoms with Gasteiger partial charge in [-0.2, -0.15) is 0 Å². The summed E-state index contributed by atoms with van der Waals surface area (Å²) in [6, 6.07) is 3.96. The number of carboxylic acids is 1. The molecule has 2 heterocycles. The highest BCUT2D eigenvalue weighted by Gasteiger charge is 2.55. The predicted molar refractivity (Wildman–Crippen MR) is 245 cm³/mol. The van der Waals surface area contributed by atoms with E-state index in [1.54, 1.807) is 0 Å². The van der Waals surface area contributed by atoms with Gasteiger partial charge < -0.3 is 125 Å². The number of phenols is 17. The van der Waals surface area contributed by atoms with Crippen LogP contribution in [0.3, 0.4) is 0 Å². The van der Waals surface area contributed by atoms with Crippen LogP contribution in [0.4, 0.5) is 0 Å². The van der Waals surface area contributed by atoms with Crippen LogP contribution in [0.15, 0.2) is 54.6 Å². The van der Waals surface area contributed by atoms with Gasteiger partial charge in [0.05, 0.1) is 27.8 Å². The monoisotopic (exact) mass is 1110 g/mol. The van der Waals surface area contributed by atoms with Crippen LogP contribution in [-0.2, 0) is 28.4 Å². The molecule has 79 heavy (non-hydrogen) atoms. The van der Waals surface area contributed by atoms with E-state index in [9.17, 15) is 121 Å². The zero-order valence-corrected chi connectivity index (χ0v) is 38.6. The van der Waals surface area contributed by atoms with E-state index in [4.69, 9.17) is 33.2 Å². The molecule has 0 amide bonds. The number of carbonyl (C=O) groups excluding carboxylic acids is 5. The number of carboxylic acid groups (broad SMARTS) is 1. The molecule has 2 aliphatic heterocycles. The van der Waals surface area contributed by atoms with Crippen molar-refractivity contribution in [2.75, 3.05) is 6.61 Å². The van der Waals surface area contributed by atoms with Crippen LogP contribution in [0.1, 0.15) is 62.1 Å². The number of esters is 5. The lowest BCUT2D eigenvalue weighted by Gasteiger charge is -2.43. The highest BCUT2D eigenvalue weighted by atomic mass is 16.7. The average molecular weight is 1110 g/mol. The Morgan fingerprint density at radius 1 is 0.443 bits per heavy atom. The van der Waals surface area contributed by atoms with Crippen molar-refractivity contribution in [2.24, 2.45) is 0 Å². The molecule has 8 rings (SSSR count). The van der Waals surface area contributed by atoms with E-state index < -0.39 is 227 Å². The van der Waals surface area contributed by atoms with Gasteiger partial charge in [0.25, 0.3) is 0 Å².